The van der Waals surface area contributed by atoms with E-state index in [0.717, 1.165) is 22.2 Å². The average Bonchev–Trinajstić information content (AvgIpc) is 2.80. The lowest BCUT2D eigenvalue weighted by atomic mass is 10.2. The van der Waals surface area contributed by atoms with Crippen LogP contribution in [0.25, 0.3) is 6.08 Å². The summed E-state index contributed by atoms with van der Waals surface area (Å²) < 4.78 is 9.86. The van der Waals surface area contributed by atoms with E-state index < -0.39 is 5.97 Å². The second-order valence-corrected chi connectivity index (χ2v) is 5.65. The van der Waals surface area contributed by atoms with Crippen molar-refractivity contribution < 1.29 is 23.9 Å². The molecule has 0 bridgehead atoms. The highest BCUT2D eigenvalue weighted by molar-refractivity contribution is 8.18. The number of nitrogens with zero attached hydrogens (tertiary/aromatic N) is 1. The van der Waals surface area contributed by atoms with E-state index in [-0.39, 0.29) is 30.7 Å². The average molecular weight is 335 g/mol. The first-order valence-corrected chi connectivity index (χ1v) is 7.92. The minimum atomic E-state index is -0.425. The summed E-state index contributed by atoms with van der Waals surface area (Å²) in [6.45, 7) is 2.01. The van der Waals surface area contributed by atoms with Crippen molar-refractivity contribution in [3.63, 3.8) is 0 Å². The molecule has 1 aromatic carbocycles. The summed E-state index contributed by atoms with van der Waals surface area (Å²) in [5, 5.41) is -0.376. The minimum absolute atomic E-state index is 0.00168. The van der Waals surface area contributed by atoms with Gasteiger partial charge in [0.15, 0.2) is 0 Å². The highest BCUT2D eigenvalue weighted by Gasteiger charge is 2.35. The van der Waals surface area contributed by atoms with Crippen molar-refractivity contribution in [3.8, 4) is 5.75 Å². The fourth-order valence-electron chi connectivity index (χ4n) is 1.98. The lowest BCUT2D eigenvalue weighted by molar-refractivity contribution is -0.143. The number of carbonyl (C=O) groups is 3. The van der Waals surface area contributed by atoms with Crippen LogP contribution in [0.4, 0.5) is 4.79 Å². The number of carbonyl (C=O) groups excluding carboxylic acids is 3. The van der Waals surface area contributed by atoms with Crippen molar-refractivity contribution in [3.05, 3.63) is 34.7 Å². The van der Waals surface area contributed by atoms with Gasteiger partial charge in [-0.15, -0.1) is 0 Å². The molecule has 0 unspecified atom stereocenters. The third-order valence-corrected chi connectivity index (χ3v) is 4.04. The van der Waals surface area contributed by atoms with Gasteiger partial charge in [0.2, 0.25) is 0 Å². The quantitative estimate of drug-likeness (QED) is 0.588. The molecule has 1 heterocycles. The topological polar surface area (TPSA) is 72.9 Å². The summed E-state index contributed by atoms with van der Waals surface area (Å²) in [5.74, 6) is -0.101. The molecule has 122 valence electrons. The summed E-state index contributed by atoms with van der Waals surface area (Å²) in [6, 6.07) is 7.14. The molecular weight excluding hydrogens is 318 g/mol. The molecule has 1 aliphatic heterocycles. The summed E-state index contributed by atoms with van der Waals surface area (Å²) in [4.78, 5) is 36.9. The Labute approximate surface area is 138 Å². The van der Waals surface area contributed by atoms with Crippen LogP contribution in [0.2, 0.25) is 0 Å². The van der Waals surface area contributed by atoms with Gasteiger partial charge in [-0.25, -0.2) is 0 Å². The lowest BCUT2D eigenvalue weighted by Gasteiger charge is -2.11. The number of methoxy groups -OCH3 is 1. The monoisotopic (exact) mass is 335 g/mol. The van der Waals surface area contributed by atoms with Gasteiger partial charge in [-0.05, 0) is 42.5 Å². The number of amides is 2. The molecule has 1 saturated heterocycles. The zero-order chi connectivity index (χ0) is 16.8. The Bertz CT molecular complexity index is 638. The number of hydrogen-bond acceptors (Lipinski definition) is 6. The molecule has 0 aliphatic carbocycles. The second kappa shape index (κ2) is 7.82. The van der Waals surface area contributed by atoms with Crippen molar-refractivity contribution in [1.82, 2.24) is 4.90 Å². The molecule has 0 N–H and O–H groups in total. The molecule has 0 spiro atoms. The number of ether oxygens (including phenoxy) is 2. The molecule has 1 fully saturated rings. The molecule has 6 nitrogen and oxygen atoms in total. The van der Waals surface area contributed by atoms with Gasteiger partial charge in [0, 0.05) is 6.54 Å². The largest absolute Gasteiger partial charge is 0.497 e. The first kappa shape index (κ1) is 17.1. The van der Waals surface area contributed by atoms with Crippen LogP contribution in [0.15, 0.2) is 29.2 Å². The maximum absolute atomic E-state index is 12.3. The van der Waals surface area contributed by atoms with Gasteiger partial charge in [0.1, 0.15) is 5.75 Å². The lowest BCUT2D eigenvalue weighted by Crippen LogP contribution is -2.30. The molecule has 1 aromatic rings. The Balaban J connectivity index is 2.04. The predicted octanol–water partition coefficient (Wildman–Crippen LogP) is 2.68. The van der Waals surface area contributed by atoms with Crippen LogP contribution in [0, 0.1) is 0 Å². The minimum Gasteiger partial charge on any atom is -0.497 e. The van der Waals surface area contributed by atoms with E-state index in [4.69, 9.17) is 9.47 Å². The summed E-state index contributed by atoms with van der Waals surface area (Å²) in [7, 11) is 1.57. The third-order valence-electron chi connectivity index (χ3n) is 3.13. The van der Waals surface area contributed by atoms with Gasteiger partial charge in [0.05, 0.1) is 25.0 Å². The van der Waals surface area contributed by atoms with Gasteiger partial charge in [-0.1, -0.05) is 12.1 Å². The highest BCUT2D eigenvalue weighted by Crippen LogP contribution is 2.32. The van der Waals surface area contributed by atoms with E-state index in [1.165, 1.54) is 0 Å². The summed E-state index contributed by atoms with van der Waals surface area (Å²) in [5.41, 5.74) is 0.793. The third kappa shape index (κ3) is 4.35. The van der Waals surface area contributed by atoms with E-state index >= 15 is 0 Å². The smallest absolute Gasteiger partial charge is 0.307 e. The highest BCUT2D eigenvalue weighted by atomic mass is 32.2. The normalized spacial score (nSPS) is 16.1. The zero-order valence-electron chi connectivity index (χ0n) is 12.9. The van der Waals surface area contributed by atoms with Crippen molar-refractivity contribution in [1.29, 1.82) is 0 Å². The molecule has 2 amide bonds. The van der Waals surface area contributed by atoms with E-state index in [9.17, 15) is 14.4 Å². The fourth-order valence-corrected chi connectivity index (χ4v) is 2.85. The molecule has 23 heavy (non-hydrogen) atoms. The Hall–Kier alpha value is -2.28. The Morgan fingerprint density at radius 1 is 1.26 bits per heavy atom. The van der Waals surface area contributed by atoms with E-state index in [2.05, 4.69) is 0 Å². The molecule has 2 rings (SSSR count). The van der Waals surface area contributed by atoms with Gasteiger partial charge in [-0.2, -0.15) is 0 Å². The van der Waals surface area contributed by atoms with Gasteiger partial charge in [0.25, 0.3) is 11.1 Å². The van der Waals surface area contributed by atoms with Gasteiger partial charge < -0.3 is 9.47 Å². The molecule has 0 atom stereocenters. The summed E-state index contributed by atoms with van der Waals surface area (Å²) >= 11 is 0.867. The van der Waals surface area contributed by atoms with Crippen LogP contribution in [0.1, 0.15) is 18.9 Å². The van der Waals surface area contributed by atoms with E-state index in [1.807, 2.05) is 0 Å². The molecule has 0 radical (unpaired) electrons. The first-order chi connectivity index (χ1) is 11.0. The zero-order valence-corrected chi connectivity index (χ0v) is 13.7. The Morgan fingerprint density at radius 2 is 1.96 bits per heavy atom. The van der Waals surface area contributed by atoms with Crippen LogP contribution in [0.5, 0.6) is 5.75 Å². The van der Waals surface area contributed by atoms with Crippen LogP contribution in [0.3, 0.4) is 0 Å². The second-order valence-electron chi connectivity index (χ2n) is 4.66. The van der Waals surface area contributed by atoms with Crippen molar-refractivity contribution in [2.75, 3.05) is 20.3 Å². The Morgan fingerprint density at radius 3 is 2.57 bits per heavy atom. The van der Waals surface area contributed by atoms with E-state index in [0.29, 0.717) is 10.7 Å². The van der Waals surface area contributed by atoms with Crippen LogP contribution in [-0.4, -0.2) is 42.3 Å². The maximum atomic E-state index is 12.3. The number of rotatable bonds is 6. The van der Waals surface area contributed by atoms with Crippen LogP contribution >= 0.6 is 11.8 Å². The molecular formula is C16H17NO5S. The fraction of sp³-hybridized carbons (Fsp3) is 0.312. The molecule has 1 aliphatic rings. The van der Waals surface area contributed by atoms with E-state index in [1.54, 1.807) is 44.4 Å². The van der Waals surface area contributed by atoms with Crippen molar-refractivity contribution in [2.24, 2.45) is 0 Å². The molecule has 0 aromatic heterocycles. The summed E-state index contributed by atoms with van der Waals surface area (Å²) in [6.07, 6.45) is 1.65. The molecule has 7 heteroatoms. The predicted molar refractivity (Wildman–Crippen MR) is 86.9 cm³/mol. The SMILES string of the molecule is CCOC(=O)CCN1C(=O)S/C(=C\c2ccc(OC)cc2)C1=O. The number of hydrogen-bond donors (Lipinski definition) is 0. The van der Waals surface area contributed by atoms with Crippen LogP contribution in [-0.2, 0) is 14.3 Å². The number of imide groups is 1. The standard InChI is InChI=1S/C16H17NO5S/c1-3-22-14(18)8-9-17-15(19)13(23-16(17)20)10-11-4-6-12(21-2)7-5-11/h4-7,10H,3,8-9H2,1-2H3/b13-10-. The van der Waals surface area contributed by atoms with Crippen molar-refractivity contribution >= 4 is 35.0 Å². The number of esters is 1. The first-order valence-electron chi connectivity index (χ1n) is 7.10. The van der Waals surface area contributed by atoms with Crippen molar-refractivity contribution in [2.45, 2.75) is 13.3 Å². The number of benzene rings is 1. The number of thioether (sulfide) groups is 1. The maximum Gasteiger partial charge on any atom is 0.307 e. The van der Waals surface area contributed by atoms with Crippen LogP contribution < -0.4 is 4.74 Å². The van der Waals surface area contributed by atoms with Gasteiger partial charge in [-0.3, -0.25) is 19.3 Å². The Kier molecular flexibility index (Phi) is 5.81. The molecule has 0 saturated carbocycles. The van der Waals surface area contributed by atoms with Gasteiger partial charge >= 0.3 is 5.97 Å².